The highest BCUT2D eigenvalue weighted by Gasteiger charge is 2.53. The van der Waals surface area contributed by atoms with E-state index in [1.807, 2.05) is 36.4 Å². The van der Waals surface area contributed by atoms with E-state index < -0.39 is 8.07 Å². The third kappa shape index (κ3) is 6.01. The van der Waals surface area contributed by atoms with Crippen LogP contribution in [0.2, 0.25) is 12.1 Å². The average Bonchev–Trinajstić information content (AvgIpc) is 3.33. The Labute approximate surface area is 245 Å². The van der Waals surface area contributed by atoms with Crippen molar-refractivity contribution in [2.75, 3.05) is 13.2 Å². The third-order valence-electron chi connectivity index (χ3n) is 8.85. The lowest BCUT2D eigenvalue weighted by atomic mass is 9.77. The van der Waals surface area contributed by atoms with Crippen molar-refractivity contribution in [1.29, 1.82) is 0 Å². The number of benzene rings is 5. The van der Waals surface area contributed by atoms with Crippen molar-refractivity contribution in [3.05, 3.63) is 157 Å². The predicted octanol–water partition coefficient (Wildman–Crippen LogP) is 7.68. The van der Waals surface area contributed by atoms with Gasteiger partial charge in [-0.2, -0.15) is 0 Å². The minimum atomic E-state index is -2.12. The molecule has 0 unspecified atom stereocenters. The summed E-state index contributed by atoms with van der Waals surface area (Å²) >= 11 is 0. The molecule has 1 aliphatic heterocycles. The van der Waals surface area contributed by atoms with Gasteiger partial charge in [0.2, 0.25) is 0 Å². The standard InChI is InChI=1S/C38H38O2Si/c1-5-15-32(16-6-1)25-30-41(35-21-11-4-12-22-35)31-38(36-23-13-14-24-37(36)41,26-28-39-33-17-7-2-8-18-33)27-29-40-34-19-9-3-10-20-34/h1-24H,25-31H2/t41-/m0/s1. The van der Waals surface area contributed by atoms with Crippen molar-refractivity contribution in [2.45, 2.75) is 36.8 Å². The van der Waals surface area contributed by atoms with Gasteiger partial charge in [-0.3, -0.25) is 0 Å². The van der Waals surface area contributed by atoms with Crippen molar-refractivity contribution < 1.29 is 9.47 Å². The van der Waals surface area contributed by atoms with Crippen LogP contribution in [0.15, 0.2) is 146 Å². The van der Waals surface area contributed by atoms with Crippen LogP contribution in [-0.2, 0) is 11.8 Å². The van der Waals surface area contributed by atoms with Gasteiger partial charge < -0.3 is 9.47 Å². The molecule has 0 N–H and O–H groups in total. The molecule has 0 amide bonds. The van der Waals surface area contributed by atoms with Gasteiger partial charge in [-0.1, -0.05) is 132 Å². The zero-order valence-electron chi connectivity index (χ0n) is 23.6. The van der Waals surface area contributed by atoms with E-state index in [4.69, 9.17) is 9.47 Å². The van der Waals surface area contributed by atoms with Gasteiger partial charge in [-0.25, -0.2) is 0 Å². The van der Waals surface area contributed by atoms with Crippen LogP contribution in [0.3, 0.4) is 0 Å². The molecule has 41 heavy (non-hydrogen) atoms. The summed E-state index contributed by atoms with van der Waals surface area (Å²) in [7, 11) is -2.12. The molecule has 0 saturated heterocycles. The highest BCUT2D eigenvalue weighted by Crippen LogP contribution is 2.47. The minimum Gasteiger partial charge on any atom is -0.494 e. The molecule has 1 atom stereocenters. The summed E-state index contributed by atoms with van der Waals surface area (Å²) in [5, 5.41) is 3.14. The lowest BCUT2D eigenvalue weighted by molar-refractivity contribution is 0.221. The summed E-state index contributed by atoms with van der Waals surface area (Å²) in [5.74, 6) is 1.87. The lowest BCUT2D eigenvalue weighted by Crippen LogP contribution is -2.56. The fourth-order valence-corrected chi connectivity index (χ4v) is 12.8. The summed E-state index contributed by atoms with van der Waals surface area (Å²) in [6, 6.07) is 54.6. The fraction of sp³-hybridized carbons (Fsp3) is 0.211. The molecule has 0 aliphatic carbocycles. The van der Waals surface area contributed by atoms with Crippen LogP contribution in [0.1, 0.15) is 24.0 Å². The monoisotopic (exact) mass is 554 g/mol. The molecule has 0 radical (unpaired) electrons. The van der Waals surface area contributed by atoms with Gasteiger partial charge in [0, 0.05) is 0 Å². The van der Waals surface area contributed by atoms with E-state index in [0.717, 1.165) is 30.8 Å². The van der Waals surface area contributed by atoms with E-state index >= 15 is 0 Å². The molecule has 5 aromatic rings. The summed E-state index contributed by atoms with van der Waals surface area (Å²) in [6.45, 7) is 1.36. The van der Waals surface area contributed by atoms with Crippen molar-refractivity contribution in [3.8, 4) is 11.5 Å². The molecule has 0 bridgehead atoms. The molecule has 0 saturated carbocycles. The zero-order valence-corrected chi connectivity index (χ0v) is 24.6. The number of fused-ring (bicyclic) bond motifs is 1. The summed E-state index contributed by atoms with van der Waals surface area (Å²) < 4.78 is 12.7. The SMILES string of the molecule is c1ccc(CC[Si@@]2(c3ccccc3)CC(CCOc3ccccc3)(CCOc3ccccc3)c3ccccc32)cc1. The molecule has 1 aliphatic rings. The predicted molar refractivity (Wildman–Crippen MR) is 172 cm³/mol. The van der Waals surface area contributed by atoms with E-state index in [1.165, 1.54) is 23.2 Å². The molecule has 0 spiro atoms. The normalized spacial score (nSPS) is 17.1. The van der Waals surface area contributed by atoms with Crippen molar-refractivity contribution in [2.24, 2.45) is 0 Å². The largest absolute Gasteiger partial charge is 0.494 e. The Hall–Kier alpha value is -4.08. The fourth-order valence-electron chi connectivity index (χ4n) is 6.85. The second-order valence-electron chi connectivity index (χ2n) is 11.3. The number of hydrogen-bond acceptors (Lipinski definition) is 2. The van der Waals surface area contributed by atoms with Gasteiger partial charge in [0.1, 0.15) is 19.6 Å². The maximum absolute atomic E-state index is 6.35. The topological polar surface area (TPSA) is 18.5 Å². The molecule has 6 rings (SSSR count). The second kappa shape index (κ2) is 12.6. The molecular weight excluding hydrogens is 517 g/mol. The molecular formula is C38H38O2Si. The maximum atomic E-state index is 6.35. The van der Waals surface area contributed by atoms with Gasteiger partial charge in [0.25, 0.3) is 0 Å². The number of rotatable bonds is 12. The Kier molecular flexibility index (Phi) is 8.34. The third-order valence-corrected chi connectivity index (χ3v) is 14.1. The van der Waals surface area contributed by atoms with Gasteiger partial charge >= 0.3 is 0 Å². The number of hydrogen-bond donors (Lipinski definition) is 0. The minimum absolute atomic E-state index is 0.0150. The first kappa shape index (κ1) is 27.1. The number of aryl methyl sites for hydroxylation is 1. The van der Waals surface area contributed by atoms with Gasteiger partial charge in [-0.15, -0.1) is 0 Å². The smallest absolute Gasteiger partial charge is 0.119 e. The Morgan fingerprint density at radius 3 is 1.61 bits per heavy atom. The molecule has 0 aromatic heterocycles. The zero-order chi connectivity index (χ0) is 27.8. The summed E-state index contributed by atoms with van der Waals surface area (Å²) in [6.07, 6.45) is 3.02. The molecule has 5 aromatic carbocycles. The summed E-state index contributed by atoms with van der Waals surface area (Å²) in [5.41, 5.74) is 2.92. The molecule has 2 nitrogen and oxygen atoms in total. The number of para-hydroxylation sites is 2. The Morgan fingerprint density at radius 2 is 1.02 bits per heavy atom. The highest BCUT2D eigenvalue weighted by atomic mass is 28.3. The van der Waals surface area contributed by atoms with Gasteiger partial charge in [-0.05, 0) is 72.2 Å². The molecule has 206 valence electrons. The van der Waals surface area contributed by atoms with E-state index in [9.17, 15) is 0 Å². The van der Waals surface area contributed by atoms with E-state index in [-0.39, 0.29) is 5.41 Å². The van der Waals surface area contributed by atoms with E-state index in [2.05, 4.69) is 109 Å². The molecule has 1 heterocycles. The maximum Gasteiger partial charge on any atom is 0.119 e. The van der Waals surface area contributed by atoms with Crippen LogP contribution in [0.4, 0.5) is 0 Å². The summed E-state index contributed by atoms with van der Waals surface area (Å²) in [4.78, 5) is 0. The van der Waals surface area contributed by atoms with Crippen molar-refractivity contribution >= 4 is 18.4 Å². The molecule has 0 fully saturated rings. The van der Waals surface area contributed by atoms with Crippen LogP contribution in [-0.4, -0.2) is 21.3 Å². The quantitative estimate of drug-likeness (QED) is 0.147. The second-order valence-corrected chi connectivity index (χ2v) is 15.4. The van der Waals surface area contributed by atoms with Crippen LogP contribution in [0.5, 0.6) is 11.5 Å². The van der Waals surface area contributed by atoms with Gasteiger partial charge in [0.15, 0.2) is 0 Å². The Balaban J connectivity index is 1.37. The average molecular weight is 555 g/mol. The van der Waals surface area contributed by atoms with Crippen LogP contribution in [0, 0.1) is 0 Å². The van der Waals surface area contributed by atoms with Crippen LogP contribution in [0.25, 0.3) is 0 Å². The molecule has 3 heteroatoms. The Morgan fingerprint density at radius 1 is 0.537 bits per heavy atom. The highest BCUT2D eigenvalue weighted by molar-refractivity contribution is 7.03. The van der Waals surface area contributed by atoms with E-state index in [0.29, 0.717) is 13.2 Å². The lowest BCUT2D eigenvalue weighted by Gasteiger charge is -2.35. The first-order valence-corrected chi connectivity index (χ1v) is 17.2. The first-order valence-electron chi connectivity index (χ1n) is 14.8. The number of ether oxygens (including phenoxy) is 2. The van der Waals surface area contributed by atoms with E-state index in [1.54, 1.807) is 10.4 Å². The van der Waals surface area contributed by atoms with Crippen LogP contribution >= 0.6 is 0 Å². The van der Waals surface area contributed by atoms with Crippen molar-refractivity contribution in [1.82, 2.24) is 0 Å². The first-order chi connectivity index (χ1) is 20.3. The van der Waals surface area contributed by atoms with Crippen molar-refractivity contribution in [3.63, 3.8) is 0 Å². The van der Waals surface area contributed by atoms with Gasteiger partial charge in [0.05, 0.1) is 13.2 Å². The Bertz CT molecular complexity index is 1460. The van der Waals surface area contributed by atoms with Crippen LogP contribution < -0.4 is 19.8 Å².